The summed E-state index contributed by atoms with van der Waals surface area (Å²) in [4.78, 5) is 0. The van der Waals surface area contributed by atoms with Gasteiger partial charge in [0.25, 0.3) is 0 Å². The SMILES string of the molecule is CCCNCc1ccccc1-c1cc(Cl)ccc1OC. The van der Waals surface area contributed by atoms with Crippen LogP contribution in [-0.2, 0) is 6.54 Å². The van der Waals surface area contributed by atoms with Crippen molar-refractivity contribution in [2.24, 2.45) is 0 Å². The molecule has 2 nitrogen and oxygen atoms in total. The minimum absolute atomic E-state index is 0.720. The molecule has 0 bridgehead atoms. The number of hydrogen-bond donors (Lipinski definition) is 1. The lowest BCUT2D eigenvalue weighted by atomic mass is 9.98. The van der Waals surface area contributed by atoms with E-state index in [1.54, 1.807) is 7.11 Å². The second kappa shape index (κ2) is 7.32. The van der Waals surface area contributed by atoms with Gasteiger partial charge in [-0.05, 0) is 42.3 Å². The van der Waals surface area contributed by atoms with Gasteiger partial charge < -0.3 is 10.1 Å². The van der Waals surface area contributed by atoms with Crippen molar-refractivity contribution in [3.8, 4) is 16.9 Å². The molecule has 3 heteroatoms. The molecular weight excluding hydrogens is 270 g/mol. The normalized spacial score (nSPS) is 10.6. The molecule has 0 aliphatic carbocycles. The summed E-state index contributed by atoms with van der Waals surface area (Å²) >= 11 is 6.13. The molecule has 0 heterocycles. The Morgan fingerprint density at radius 1 is 1.10 bits per heavy atom. The van der Waals surface area contributed by atoms with Crippen LogP contribution >= 0.6 is 11.6 Å². The predicted octanol–water partition coefficient (Wildman–Crippen LogP) is 4.52. The summed E-state index contributed by atoms with van der Waals surface area (Å²) in [6.45, 7) is 4.03. The van der Waals surface area contributed by atoms with Crippen LogP contribution in [0.3, 0.4) is 0 Å². The minimum Gasteiger partial charge on any atom is -0.496 e. The summed E-state index contributed by atoms with van der Waals surface area (Å²) in [5.74, 6) is 0.845. The Morgan fingerprint density at radius 3 is 2.65 bits per heavy atom. The van der Waals surface area contributed by atoms with Crippen LogP contribution in [0, 0.1) is 0 Å². The number of hydrogen-bond acceptors (Lipinski definition) is 2. The molecule has 0 fully saturated rings. The van der Waals surface area contributed by atoms with Gasteiger partial charge in [-0.3, -0.25) is 0 Å². The molecule has 0 radical (unpaired) electrons. The maximum absolute atomic E-state index is 6.13. The lowest BCUT2D eigenvalue weighted by Crippen LogP contribution is -2.14. The highest BCUT2D eigenvalue weighted by Crippen LogP contribution is 2.34. The summed E-state index contributed by atoms with van der Waals surface area (Å²) in [6.07, 6.45) is 1.13. The molecule has 0 spiro atoms. The van der Waals surface area contributed by atoms with E-state index in [0.717, 1.165) is 41.4 Å². The Bertz CT molecular complexity index is 569. The average Bonchev–Trinajstić information content (AvgIpc) is 2.48. The third-order valence-electron chi connectivity index (χ3n) is 3.21. The van der Waals surface area contributed by atoms with E-state index in [9.17, 15) is 0 Å². The van der Waals surface area contributed by atoms with Crippen LogP contribution in [0.15, 0.2) is 42.5 Å². The molecule has 1 N–H and O–H groups in total. The molecule has 2 aromatic rings. The van der Waals surface area contributed by atoms with Crippen LogP contribution in [0.4, 0.5) is 0 Å². The van der Waals surface area contributed by atoms with E-state index in [2.05, 4.69) is 30.4 Å². The van der Waals surface area contributed by atoms with Gasteiger partial charge in [0.15, 0.2) is 0 Å². The van der Waals surface area contributed by atoms with Gasteiger partial charge in [0, 0.05) is 17.1 Å². The van der Waals surface area contributed by atoms with Gasteiger partial charge in [-0.1, -0.05) is 42.8 Å². The van der Waals surface area contributed by atoms with Crippen LogP contribution in [0.25, 0.3) is 11.1 Å². The summed E-state index contributed by atoms with van der Waals surface area (Å²) in [7, 11) is 1.69. The third-order valence-corrected chi connectivity index (χ3v) is 3.45. The maximum Gasteiger partial charge on any atom is 0.126 e. The summed E-state index contributed by atoms with van der Waals surface area (Å²) in [6, 6.07) is 14.1. The first-order valence-corrected chi connectivity index (χ1v) is 7.26. The van der Waals surface area contributed by atoms with Crippen molar-refractivity contribution in [2.75, 3.05) is 13.7 Å². The third kappa shape index (κ3) is 3.53. The van der Waals surface area contributed by atoms with Crippen LogP contribution < -0.4 is 10.1 Å². The van der Waals surface area contributed by atoms with Gasteiger partial charge in [-0.15, -0.1) is 0 Å². The number of ether oxygens (including phenoxy) is 1. The van der Waals surface area contributed by atoms with E-state index in [4.69, 9.17) is 16.3 Å². The van der Waals surface area contributed by atoms with Crippen LogP contribution in [0.1, 0.15) is 18.9 Å². The molecule has 0 aliphatic heterocycles. The second-order valence-electron chi connectivity index (χ2n) is 4.68. The Labute approximate surface area is 125 Å². The standard InChI is InChI=1S/C17H20ClNO/c1-3-10-19-12-13-6-4-5-7-15(13)16-11-14(18)8-9-17(16)20-2/h4-9,11,19H,3,10,12H2,1-2H3. The molecule has 0 atom stereocenters. The number of nitrogens with one attached hydrogen (secondary N) is 1. The van der Waals surface area contributed by atoms with Crippen molar-refractivity contribution in [1.82, 2.24) is 5.32 Å². The van der Waals surface area contributed by atoms with Gasteiger partial charge in [-0.2, -0.15) is 0 Å². The molecule has 20 heavy (non-hydrogen) atoms. The van der Waals surface area contributed by atoms with Gasteiger partial charge >= 0.3 is 0 Å². The van der Waals surface area contributed by atoms with Crippen molar-refractivity contribution in [1.29, 1.82) is 0 Å². The van der Waals surface area contributed by atoms with E-state index >= 15 is 0 Å². The molecule has 0 unspecified atom stereocenters. The molecule has 106 valence electrons. The lowest BCUT2D eigenvalue weighted by Gasteiger charge is -2.14. The summed E-state index contributed by atoms with van der Waals surface area (Å²) in [5.41, 5.74) is 3.45. The van der Waals surface area contributed by atoms with Crippen LogP contribution in [0.5, 0.6) is 5.75 Å². The Hall–Kier alpha value is -1.51. The van der Waals surface area contributed by atoms with Crippen molar-refractivity contribution in [3.63, 3.8) is 0 Å². The van der Waals surface area contributed by atoms with E-state index in [1.807, 2.05) is 24.3 Å². The van der Waals surface area contributed by atoms with E-state index < -0.39 is 0 Å². The topological polar surface area (TPSA) is 21.3 Å². The van der Waals surface area contributed by atoms with Gasteiger partial charge in [0.1, 0.15) is 5.75 Å². The zero-order valence-electron chi connectivity index (χ0n) is 11.9. The molecule has 2 rings (SSSR count). The molecule has 0 saturated heterocycles. The predicted molar refractivity (Wildman–Crippen MR) is 85.4 cm³/mol. The van der Waals surface area contributed by atoms with Crippen LogP contribution in [-0.4, -0.2) is 13.7 Å². The average molecular weight is 290 g/mol. The molecule has 2 aromatic carbocycles. The first-order chi connectivity index (χ1) is 9.76. The van der Waals surface area contributed by atoms with Crippen molar-refractivity contribution < 1.29 is 4.74 Å². The van der Waals surface area contributed by atoms with Gasteiger partial charge in [0.05, 0.1) is 7.11 Å². The quantitative estimate of drug-likeness (QED) is 0.790. The lowest BCUT2D eigenvalue weighted by molar-refractivity contribution is 0.416. The fourth-order valence-electron chi connectivity index (χ4n) is 2.23. The van der Waals surface area contributed by atoms with Gasteiger partial charge in [0.2, 0.25) is 0 Å². The highest BCUT2D eigenvalue weighted by atomic mass is 35.5. The first-order valence-electron chi connectivity index (χ1n) is 6.88. The first kappa shape index (κ1) is 14.9. The molecule has 0 aromatic heterocycles. The second-order valence-corrected chi connectivity index (χ2v) is 5.11. The number of rotatable bonds is 6. The van der Waals surface area contributed by atoms with E-state index in [1.165, 1.54) is 5.56 Å². The van der Waals surface area contributed by atoms with Crippen molar-refractivity contribution >= 4 is 11.6 Å². The number of benzene rings is 2. The highest BCUT2D eigenvalue weighted by Gasteiger charge is 2.10. The zero-order valence-corrected chi connectivity index (χ0v) is 12.7. The molecule has 0 amide bonds. The molecular formula is C17H20ClNO. The van der Waals surface area contributed by atoms with Gasteiger partial charge in [-0.25, -0.2) is 0 Å². The Balaban J connectivity index is 2.39. The summed E-state index contributed by atoms with van der Waals surface area (Å²) < 4.78 is 5.46. The van der Waals surface area contributed by atoms with Crippen LogP contribution in [0.2, 0.25) is 5.02 Å². The minimum atomic E-state index is 0.720. The number of halogens is 1. The molecule has 0 aliphatic rings. The maximum atomic E-state index is 6.13. The van der Waals surface area contributed by atoms with Crippen molar-refractivity contribution in [3.05, 3.63) is 53.1 Å². The number of methoxy groups -OCH3 is 1. The highest BCUT2D eigenvalue weighted by molar-refractivity contribution is 6.31. The summed E-state index contributed by atoms with van der Waals surface area (Å²) in [5, 5.41) is 4.16. The Kier molecular flexibility index (Phi) is 5.45. The van der Waals surface area contributed by atoms with Crippen molar-refractivity contribution in [2.45, 2.75) is 19.9 Å². The fraction of sp³-hybridized carbons (Fsp3) is 0.294. The molecule has 0 saturated carbocycles. The van der Waals surface area contributed by atoms with E-state index in [0.29, 0.717) is 0 Å². The Morgan fingerprint density at radius 2 is 1.90 bits per heavy atom. The monoisotopic (exact) mass is 289 g/mol. The smallest absolute Gasteiger partial charge is 0.126 e. The zero-order chi connectivity index (χ0) is 14.4. The van der Waals surface area contributed by atoms with E-state index in [-0.39, 0.29) is 0 Å². The largest absolute Gasteiger partial charge is 0.496 e. The fourth-order valence-corrected chi connectivity index (χ4v) is 2.40.